The third-order valence-electron chi connectivity index (χ3n) is 3.26. The lowest BCUT2D eigenvalue weighted by Gasteiger charge is -2.21. The molecule has 0 bridgehead atoms. The van der Waals surface area contributed by atoms with Crippen molar-refractivity contribution in [1.29, 1.82) is 0 Å². The van der Waals surface area contributed by atoms with E-state index in [1.54, 1.807) is 12.1 Å². The molecule has 0 unspecified atom stereocenters. The van der Waals surface area contributed by atoms with Crippen LogP contribution in [0.4, 0.5) is 4.39 Å². The summed E-state index contributed by atoms with van der Waals surface area (Å²) in [6.45, 7) is 0.383. The highest BCUT2D eigenvalue weighted by atomic mass is 35.5. The lowest BCUT2D eigenvalue weighted by Crippen LogP contribution is -2.14. The first kappa shape index (κ1) is 16.1. The van der Waals surface area contributed by atoms with Crippen molar-refractivity contribution < 1.29 is 23.4 Å². The molecular formula is C16H11Cl2FO4. The molecule has 0 aromatic heterocycles. The van der Waals surface area contributed by atoms with Crippen molar-refractivity contribution in [2.45, 2.75) is 13.2 Å². The highest BCUT2D eigenvalue weighted by Crippen LogP contribution is 2.32. The van der Waals surface area contributed by atoms with Crippen LogP contribution in [0, 0.1) is 5.82 Å². The highest BCUT2D eigenvalue weighted by Gasteiger charge is 2.19. The fraction of sp³-hybridized carbons (Fsp3) is 0.188. The summed E-state index contributed by atoms with van der Waals surface area (Å²) in [7, 11) is 0. The zero-order chi connectivity index (χ0) is 16.4. The topological polar surface area (TPSA) is 44.8 Å². The molecule has 2 aromatic carbocycles. The average molecular weight is 357 g/mol. The van der Waals surface area contributed by atoms with Gasteiger partial charge in [0.2, 0.25) is 0 Å². The fourth-order valence-electron chi connectivity index (χ4n) is 2.24. The van der Waals surface area contributed by atoms with Gasteiger partial charge in [-0.05, 0) is 30.3 Å². The van der Waals surface area contributed by atoms with Gasteiger partial charge < -0.3 is 14.2 Å². The van der Waals surface area contributed by atoms with Gasteiger partial charge in [-0.25, -0.2) is 9.18 Å². The lowest BCUT2D eigenvalue weighted by molar-refractivity contribution is -0.0180. The molecule has 0 amide bonds. The van der Waals surface area contributed by atoms with Crippen molar-refractivity contribution in [3.8, 4) is 5.75 Å². The molecule has 0 saturated heterocycles. The number of ether oxygens (including phenoxy) is 3. The van der Waals surface area contributed by atoms with E-state index in [0.29, 0.717) is 22.9 Å². The third kappa shape index (κ3) is 3.58. The van der Waals surface area contributed by atoms with Crippen molar-refractivity contribution in [2.75, 3.05) is 6.79 Å². The summed E-state index contributed by atoms with van der Waals surface area (Å²) in [4.78, 5) is 12.0. The Hall–Kier alpha value is -1.82. The van der Waals surface area contributed by atoms with E-state index in [2.05, 4.69) is 0 Å². The Morgan fingerprint density at radius 3 is 2.83 bits per heavy atom. The van der Waals surface area contributed by atoms with Crippen molar-refractivity contribution in [3.63, 3.8) is 0 Å². The summed E-state index contributed by atoms with van der Waals surface area (Å²) >= 11 is 11.7. The summed E-state index contributed by atoms with van der Waals surface area (Å²) in [6, 6.07) is 7.11. The number of esters is 1. The van der Waals surface area contributed by atoms with Crippen LogP contribution in [0.1, 0.15) is 21.5 Å². The van der Waals surface area contributed by atoms with E-state index in [0.717, 1.165) is 11.6 Å². The quantitative estimate of drug-likeness (QED) is 0.766. The van der Waals surface area contributed by atoms with Crippen LogP contribution in [-0.4, -0.2) is 12.8 Å². The van der Waals surface area contributed by atoms with Crippen LogP contribution in [0.3, 0.4) is 0 Å². The molecule has 0 saturated carbocycles. The van der Waals surface area contributed by atoms with E-state index in [-0.39, 0.29) is 24.0 Å². The average Bonchev–Trinajstić information content (AvgIpc) is 2.52. The Labute approximate surface area is 141 Å². The van der Waals surface area contributed by atoms with Crippen LogP contribution in [0.5, 0.6) is 5.75 Å². The summed E-state index contributed by atoms with van der Waals surface area (Å²) in [6.07, 6.45) is 0. The molecule has 3 rings (SSSR count). The number of rotatable bonds is 3. The molecule has 1 aliphatic heterocycles. The number of halogens is 3. The van der Waals surface area contributed by atoms with E-state index < -0.39 is 11.8 Å². The molecule has 0 fully saturated rings. The molecule has 2 aromatic rings. The number of hydrogen-bond acceptors (Lipinski definition) is 4. The second-order valence-corrected chi connectivity index (χ2v) is 5.74. The second kappa shape index (κ2) is 6.74. The van der Waals surface area contributed by atoms with Gasteiger partial charge in [-0.2, -0.15) is 0 Å². The number of benzene rings is 2. The van der Waals surface area contributed by atoms with Crippen LogP contribution in [0.15, 0.2) is 30.3 Å². The number of fused-ring (bicyclic) bond motifs is 1. The van der Waals surface area contributed by atoms with Gasteiger partial charge in [0.25, 0.3) is 0 Å². The van der Waals surface area contributed by atoms with Gasteiger partial charge in [0.15, 0.2) is 6.79 Å². The molecule has 23 heavy (non-hydrogen) atoms. The second-order valence-electron chi connectivity index (χ2n) is 4.86. The zero-order valence-electron chi connectivity index (χ0n) is 11.8. The molecule has 1 heterocycles. The maximum atomic E-state index is 13.7. The van der Waals surface area contributed by atoms with E-state index in [1.807, 2.05) is 0 Å². The van der Waals surface area contributed by atoms with Gasteiger partial charge in [-0.15, -0.1) is 0 Å². The van der Waals surface area contributed by atoms with Crippen molar-refractivity contribution in [2.24, 2.45) is 0 Å². The Morgan fingerprint density at radius 1 is 1.22 bits per heavy atom. The zero-order valence-corrected chi connectivity index (χ0v) is 13.3. The normalized spacial score (nSPS) is 13.2. The minimum atomic E-state index is -0.792. The molecular weight excluding hydrogens is 346 g/mol. The molecule has 120 valence electrons. The van der Waals surface area contributed by atoms with Gasteiger partial charge in [-0.3, -0.25) is 0 Å². The van der Waals surface area contributed by atoms with Crippen LogP contribution in [0.2, 0.25) is 10.0 Å². The summed E-state index contributed by atoms with van der Waals surface area (Å²) in [5.41, 5.74) is 1.18. The highest BCUT2D eigenvalue weighted by molar-refractivity contribution is 6.31. The lowest BCUT2D eigenvalue weighted by atomic mass is 10.1. The van der Waals surface area contributed by atoms with E-state index in [9.17, 15) is 9.18 Å². The maximum absolute atomic E-state index is 13.7. The number of carbonyl (C=O) groups excluding carboxylic acids is 1. The number of carbonyl (C=O) groups is 1. The Balaban J connectivity index is 1.78. The minimum Gasteiger partial charge on any atom is -0.467 e. The molecule has 0 N–H and O–H groups in total. The summed E-state index contributed by atoms with van der Waals surface area (Å²) in [5, 5.41) is 0.679. The van der Waals surface area contributed by atoms with Gasteiger partial charge in [-0.1, -0.05) is 23.2 Å². The Bertz CT molecular complexity index is 764. The monoisotopic (exact) mass is 356 g/mol. The van der Waals surface area contributed by atoms with Crippen molar-refractivity contribution >= 4 is 29.2 Å². The smallest absolute Gasteiger partial charge is 0.341 e. The maximum Gasteiger partial charge on any atom is 0.341 e. The van der Waals surface area contributed by atoms with E-state index >= 15 is 0 Å². The Kier molecular flexibility index (Phi) is 4.71. The predicted octanol–water partition coefficient (Wildman–Crippen LogP) is 4.36. The van der Waals surface area contributed by atoms with Gasteiger partial charge in [0.05, 0.1) is 12.2 Å². The summed E-state index contributed by atoms with van der Waals surface area (Å²) in [5.74, 6) is -0.953. The van der Waals surface area contributed by atoms with E-state index in [1.165, 1.54) is 12.1 Å². The Morgan fingerprint density at radius 2 is 2.04 bits per heavy atom. The number of hydrogen-bond donors (Lipinski definition) is 0. The first-order chi connectivity index (χ1) is 11.0. The molecule has 0 spiro atoms. The largest absolute Gasteiger partial charge is 0.467 e. The fourth-order valence-corrected chi connectivity index (χ4v) is 2.66. The SMILES string of the molecule is O=C(OCc1cc(Cl)cc2c1OCOC2)c1ccc(Cl)cc1F. The van der Waals surface area contributed by atoms with Gasteiger partial charge >= 0.3 is 5.97 Å². The predicted molar refractivity (Wildman–Crippen MR) is 82.3 cm³/mol. The summed E-state index contributed by atoms with van der Waals surface area (Å²) < 4.78 is 29.5. The van der Waals surface area contributed by atoms with Crippen LogP contribution < -0.4 is 4.74 Å². The standard InChI is InChI=1S/C16H11Cl2FO4/c17-11-1-2-13(14(19)5-11)16(20)22-7-10-4-12(18)3-9-6-21-8-23-15(9)10/h1-5H,6-8H2. The van der Waals surface area contributed by atoms with Gasteiger partial charge in [0, 0.05) is 21.2 Å². The van der Waals surface area contributed by atoms with Crippen LogP contribution in [0.25, 0.3) is 0 Å². The molecule has 0 aliphatic carbocycles. The van der Waals surface area contributed by atoms with Crippen molar-refractivity contribution in [1.82, 2.24) is 0 Å². The molecule has 1 aliphatic rings. The molecule has 7 heteroatoms. The molecule has 0 atom stereocenters. The first-order valence-corrected chi connectivity index (χ1v) is 7.44. The van der Waals surface area contributed by atoms with Crippen LogP contribution >= 0.6 is 23.2 Å². The third-order valence-corrected chi connectivity index (χ3v) is 3.71. The first-order valence-electron chi connectivity index (χ1n) is 6.68. The molecule has 0 radical (unpaired) electrons. The molecule has 4 nitrogen and oxygen atoms in total. The van der Waals surface area contributed by atoms with Crippen LogP contribution in [-0.2, 0) is 22.7 Å². The van der Waals surface area contributed by atoms with Gasteiger partial charge in [0.1, 0.15) is 18.2 Å². The van der Waals surface area contributed by atoms with E-state index in [4.69, 9.17) is 37.4 Å². The van der Waals surface area contributed by atoms with Crippen molar-refractivity contribution in [3.05, 3.63) is 62.9 Å². The minimum absolute atomic E-state index is 0.0935.